The molecule has 24 heavy (non-hydrogen) atoms. The van der Waals surface area contributed by atoms with Crippen molar-refractivity contribution in [1.82, 2.24) is 5.32 Å². The van der Waals surface area contributed by atoms with Crippen LogP contribution in [0.3, 0.4) is 0 Å². The Bertz CT molecular complexity index is 913. The van der Waals surface area contributed by atoms with Gasteiger partial charge in [0.05, 0.1) is 0 Å². The van der Waals surface area contributed by atoms with Crippen LogP contribution in [0.2, 0.25) is 0 Å². The summed E-state index contributed by atoms with van der Waals surface area (Å²) in [5.74, 6) is 0.257. The molecule has 0 spiro atoms. The molecule has 0 saturated heterocycles. The van der Waals surface area contributed by atoms with E-state index in [0.29, 0.717) is 17.9 Å². The van der Waals surface area contributed by atoms with Crippen molar-refractivity contribution in [3.63, 3.8) is 0 Å². The highest BCUT2D eigenvalue weighted by Gasteiger charge is 2.05. The Balaban J connectivity index is 1.55. The van der Waals surface area contributed by atoms with Crippen molar-refractivity contribution in [2.45, 2.75) is 13.5 Å². The summed E-state index contributed by atoms with van der Waals surface area (Å²) in [4.78, 5) is 23.1. The summed E-state index contributed by atoms with van der Waals surface area (Å²) in [5, 5.41) is 3.59. The standard InChI is InChI=1S/C19H17NO4/c1-13-2-4-14(5-3-13)11-20-18(21)12-23-16-8-6-15-7-9-19(22)24-17(15)10-16/h2-10H,11-12H2,1H3,(H,20,21). The largest absolute Gasteiger partial charge is 0.484 e. The third-order valence-electron chi connectivity index (χ3n) is 3.57. The van der Waals surface area contributed by atoms with Crippen molar-refractivity contribution in [3.8, 4) is 5.75 Å². The van der Waals surface area contributed by atoms with Gasteiger partial charge in [-0.1, -0.05) is 29.8 Å². The van der Waals surface area contributed by atoms with Crippen LogP contribution in [-0.4, -0.2) is 12.5 Å². The predicted octanol–water partition coefficient (Wildman–Crippen LogP) is 2.80. The van der Waals surface area contributed by atoms with Crippen LogP contribution in [0.5, 0.6) is 5.75 Å². The summed E-state index contributed by atoms with van der Waals surface area (Å²) in [6, 6.07) is 16.1. The topological polar surface area (TPSA) is 68.5 Å². The van der Waals surface area contributed by atoms with E-state index in [2.05, 4.69) is 5.32 Å². The second-order valence-electron chi connectivity index (χ2n) is 5.51. The van der Waals surface area contributed by atoms with Crippen molar-refractivity contribution in [2.24, 2.45) is 0 Å². The summed E-state index contributed by atoms with van der Waals surface area (Å²) >= 11 is 0. The molecule has 0 aliphatic carbocycles. The van der Waals surface area contributed by atoms with Crippen molar-refractivity contribution in [1.29, 1.82) is 0 Å². The number of carbonyl (C=O) groups is 1. The lowest BCUT2D eigenvalue weighted by Gasteiger charge is -2.08. The van der Waals surface area contributed by atoms with Gasteiger partial charge in [0, 0.05) is 24.1 Å². The average Bonchev–Trinajstić information content (AvgIpc) is 2.59. The number of fused-ring (bicyclic) bond motifs is 1. The molecular formula is C19H17NO4. The lowest BCUT2D eigenvalue weighted by atomic mass is 10.1. The van der Waals surface area contributed by atoms with Gasteiger partial charge in [0.1, 0.15) is 11.3 Å². The van der Waals surface area contributed by atoms with Gasteiger partial charge in [-0.15, -0.1) is 0 Å². The number of ether oxygens (including phenoxy) is 1. The quantitative estimate of drug-likeness (QED) is 0.733. The van der Waals surface area contributed by atoms with E-state index in [-0.39, 0.29) is 12.5 Å². The first kappa shape index (κ1) is 15.8. The Kier molecular flexibility index (Phi) is 4.61. The molecule has 1 N–H and O–H groups in total. The number of benzene rings is 2. The molecule has 5 heteroatoms. The minimum Gasteiger partial charge on any atom is -0.484 e. The maximum Gasteiger partial charge on any atom is 0.336 e. The summed E-state index contributed by atoms with van der Waals surface area (Å²) in [6.45, 7) is 2.37. The van der Waals surface area contributed by atoms with Gasteiger partial charge in [0.2, 0.25) is 0 Å². The lowest BCUT2D eigenvalue weighted by Crippen LogP contribution is -2.28. The minimum absolute atomic E-state index is 0.103. The van der Waals surface area contributed by atoms with Crippen LogP contribution in [0.1, 0.15) is 11.1 Å². The molecule has 2 aromatic carbocycles. The molecule has 3 aromatic rings. The molecule has 5 nitrogen and oxygen atoms in total. The molecule has 1 aromatic heterocycles. The van der Waals surface area contributed by atoms with Crippen molar-refractivity contribution >= 4 is 16.9 Å². The van der Waals surface area contributed by atoms with E-state index < -0.39 is 5.63 Å². The smallest absolute Gasteiger partial charge is 0.336 e. The van der Waals surface area contributed by atoms with Gasteiger partial charge in [-0.25, -0.2) is 4.79 Å². The van der Waals surface area contributed by atoms with E-state index >= 15 is 0 Å². The molecule has 0 unspecified atom stereocenters. The van der Waals surface area contributed by atoms with Crippen molar-refractivity contribution in [2.75, 3.05) is 6.61 Å². The van der Waals surface area contributed by atoms with E-state index in [1.54, 1.807) is 24.3 Å². The molecule has 0 bridgehead atoms. The maximum atomic E-state index is 11.9. The number of amides is 1. The summed E-state index contributed by atoms with van der Waals surface area (Å²) < 4.78 is 10.5. The SMILES string of the molecule is Cc1ccc(CNC(=O)COc2ccc3ccc(=O)oc3c2)cc1. The predicted molar refractivity (Wildman–Crippen MR) is 91.0 cm³/mol. The van der Waals surface area contributed by atoms with Crippen LogP contribution in [0.15, 0.2) is 63.8 Å². The van der Waals surface area contributed by atoms with Gasteiger partial charge in [-0.3, -0.25) is 4.79 Å². The van der Waals surface area contributed by atoms with E-state index in [0.717, 1.165) is 10.9 Å². The van der Waals surface area contributed by atoms with Crippen LogP contribution < -0.4 is 15.7 Å². The summed E-state index contributed by atoms with van der Waals surface area (Å²) in [5.41, 5.74) is 2.22. The highest BCUT2D eigenvalue weighted by Crippen LogP contribution is 2.19. The molecule has 0 fully saturated rings. The molecule has 3 rings (SSSR count). The first-order chi connectivity index (χ1) is 11.6. The fourth-order valence-electron chi connectivity index (χ4n) is 2.24. The Morgan fingerprint density at radius 2 is 1.83 bits per heavy atom. The zero-order valence-electron chi connectivity index (χ0n) is 13.2. The van der Waals surface area contributed by atoms with Gasteiger partial charge < -0.3 is 14.5 Å². The minimum atomic E-state index is -0.421. The van der Waals surface area contributed by atoms with E-state index in [1.165, 1.54) is 11.6 Å². The molecule has 122 valence electrons. The lowest BCUT2D eigenvalue weighted by molar-refractivity contribution is -0.123. The molecule has 1 amide bonds. The second-order valence-corrected chi connectivity index (χ2v) is 5.51. The molecule has 1 heterocycles. The highest BCUT2D eigenvalue weighted by molar-refractivity contribution is 5.79. The van der Waals surface area contributed by atoms with Crippen LogP contribution in [0, 0.1) is 6.92 Å². The summed E-state index contributed by atoms with van der Waals surface area (Å²) in [7, 11) is 0. The van der Waals surface area contributed by atoms with Crippen LogP contribution in [0.4, 0.5) is 0 Å². The van der Waals surface area contributed by atoms with Crippen molar-refractivity contribution < 1.29 is 13.9 Å². The Morgan fingerprint density at radius 1 is 1.08 bits per heavy atom. The Morgan fingerprint density at radius 3 is 2.62 bits per heavy atom. The maximum absolute atomic E-state index is 11.9. The molecular weight excluding hydrogens is 306 g/mol. The third kappa shape index (κ3) is 4.01. The van der Waals surface area contributed by atoms with Crippen LogP contribution in [-0.2, 0) is 11.3 Å². The summed E-state index contributed by atoms with van der Waals surface area (Å²) in [6.07, 6.45) is 0. The normalized spacial score (nSPS) is 10.5. The Hall–Kier alpha value is -3.08. The number of rotatable bonds is 5. The van der Waals surface area contributed by atoms with Crippen LogP contribution in [0.25, 0.3) is 11.0 Å². The first-order valence-electron chi connectivity index (χ1n) is 7.59. The second kappa shape index (κ2) is 7.00. The zero-order chi connectivity index (χ0) is 16.9. The monoisotopic (exact) mass is 323 g/mol. The van der Waals surface area contributed by atoms with Gasteiger partial charge in [0.25, 0.3) is 5.91 Å². The fourth-order valence-corrected chi connectivity index (χ4v) is 2.24. The van der Waals surface area contributed by atoms with Gasteiger partial charge in [-0.2, -0.15) is 0 Å². The van der Waals surface area contributed by atoms with E-state index in [1.807, 2.05) is 31.2 Å². The zero-order valence-corrected chi connectivity index (χ0v) is 13.2. The first-order valence-corrected chi connectivity index (χ1v) is 7.59. The molecule has 0 aliphatic heterocycles. The van der Waals surface area contributed by atoms with Crippen molar-refractivity contribution in [3.05, 3.63) is 76.1 Å². The molecule has 0 radical (unpaired) electrons. The fraction of sp³-hybridized carbons (Fsp3) is 0.158. The number of hydrogen-bond donors (Lipinski definition) is 1. The Labute approximate surface area is 138 Å². The number of aryl methyl sites for hydroxylation is 1. The van der Waals surface area contributed by atoms with Gasteiger partial charge in [-0.05, 0) is 30.7 Å². The van der Waals surface area contributed by atoms with Crippen LogP contribution >= 0.6 is 0 Å². The third-order valence-corrected chi connectivity index (χ3v) is 3.57. The number of carbonyl (C=O) groups excluding carboxylic acids is 1. The molecule has 0 atom stereocenters. The molecule has 0 aliphatic rings. The molecule has 0 saturated carbocycles. The van der Waals surface area contributed by atoms with E-state index in [9.17, 15) is 9.59 Å². The van der Waals surface area contributed by atoms with E-state index in [4.69, 9.17) is 9.15 Å². The highest BCUT2D eigenvalue weighted by atomic mass is 16.5. The van der Waals surface area contributed by atoms with Gasteiger partial charge >= 0.3 is 5.63 Å². The number of nitrogens with one attached hydrogen (secondary N) is 1. The van der Waals surface area contributed by atoms with Gasteiger partial charge in [0.15, 0.2) is 6.61 Å². The average molecular weight is 323 g/mol. The number of hydrogen-bond acceptors (Lipinski definition) is 4.